The van der Waals surface area contributed by atoms with E-state index in [1.54, 1.807) is 0 Å². The fraction of sp³-hybridized carbons (Fsp3) is 0.429. The molecule has 0 aliphatic carbocycles. The van der Waals surface area contributed by atoms with E-state index in [0.717, 1.165) is 0 Å². The van der Waals surface area contributed by atoms with Gasteiger partial charge in [-0.05, 0) is 0 Å². The summed E-state index contributed by atoms with van der Waals surface area (Å²) in [6.45, 7) is 2.08. The smallest absolute Gasteiger partial charge is 0.104 e. The zero-order valence-electron chi connectivity index (χ0n) is 5.57. The second-order valence-electron chi connectivity index (χ2n) is 1.40. The summed E-state index contributed by atoms with van der Waals surface area (Å²) in [6.07, 6.45) is 0.612. The maximum atomic E-state index is 8.21. The molecule has 0 aromatic heterocycles. The van der Waals surface area contributed by atoms with E-state index in [4.69, 9.17) is 5.11 Å². The van der Waals surface area contributed by atoms with Gasteiger partial charge in [-0.25, -0.2) is 0 Å². The van der Waals surface area contributed by atoms with Gasteiger partial charge in [0.2, 0.25) is 0 Å². The standard InChI is InChI=1S/C7H10OSi/c1-9-7-5-3-2-4-6-8/h8H,3,6,9H2,1H3. The van der Waals surface area contributed by atoms with E-state index in [-0.39, 0.29) is 16.1 Å². The van der Waals surface area contributed by atoms with E-state index in [1.165, 1.54) is 0 Å². The molecule has 0 fully saturated rings. The summed E-state index contributed by atoms with van der Waals surface area (Å²) in [5.74, 6) is 8.14. The molecule has 0 saturated heterocycles. The van der Waals surface area contributed by atoms with Crippen LogP contribution in [-0.2, 0) is 0 Å². The first kappa shape index (κ1) is 8.30. The number of aliphatic hydroxyl groups is 1. The quantitative estimate of drug-likeness (QED) is 0.355. The summed E-state index contributed by atoms with van der Waals surface area (Å²) in [5.41, 5.74) is 3.01. The third kappa shape index (κ3) is 7.30. The van der Waals surface area contributed by atoms with Gasteiger partial charge in [0, 0.05) is 0 Å². The third-order valence-corrected chi connectivity index (χ3v) is 1.29. The minimum absolute atomic E-state index is 0.0504. The summed E-state index contributed by atoms with van der Waals surface area (Å²) in [5, 5.41) is 8.21. The molecular weight excluding hydrogens is 128 g/mol. The minimum Gasteiger partial charge on any atom is -0.384 e. The van der Waals surface area contributed by atoms with Gasteiger partial charge in [0.05, 0.1) is 6.42 Å². The molecule has 0 unspecified atom stereocenters. The van der Waals surface area contributed by atoms with Crippen LogP contribution in [0.5, 0.6) is 0 Å². The lowest BCUT2D eigenvalue weighted by Crippen LogP contribution is -1.72. The Hall–Kier alpha value is -0.703. The van der Waals surface area contributed by atoms with Gasteiger partial charge in [-0.2, -0.15) is 0 Å². The molecule has 1 nitrogen and oxygen atoms in total. The molecule has 0 bridgehead atoms. The van der Waals surface area contributed by atoms with Crippen LogP contribution in [0.2, 0.25) is 6.55 Å². The van der Waals surface area contributed by atoms with Crippen LogP contribution >= 0.6 is 0 Å². The van der Waals surface area contributed by atoms with Crippen molar-refractivity contribution in [2.24, 2.45) is 0 Å². The Morgan fingerprint density at radius 3 is 2.67 bits per heavy atom. The van der Waals surface area contributed by atoms with Crippen LogP contribution in [0, 0.1) is 23.3 Å². The number of aliphatic hydroxyl groups excluding tert-OH is 1. The Morgan fingerprint density at radius 1 is 1.33 bits per heavy atom. The summed E-state index contributed by atoms with van der Waals surface area (Å²) in [6, 6.07) is 0. The zero-order valence-corrected chi connectivity index (χ0v) is 6.98. The largest absolute Gasteiger partial charge is 0.384 e. The van der Waals surface area contributed by atoms with Crippen LogP contribution in [0.25, 0.3) is 0 Å². The van der Waals surface area contributed by atoms with E-state index in [9.17, 15) is 0 Å². The topological polar surface area (TPSA) is 20.2 Å². The first-order valence-electron chi connectivity index (χ1n) is 2.94. The SMILES string of the molecule is C[SiH2]C#CCC#CCO. The van der Waals surface area contributed by atoms with E-state index >= 15 is 0 Å². The molecule has 48 valence electrons. The predicted molar refractivity (Wildman–Crippen MR) is 41.7 cm³/mol. The Balaban J connectivity index is 3.28. The maximum Gasteiger partial charge on any atom is 0.104 e. The average molecular weight is 138 g/mol. The second-order valence-corrected chi connectivity index (χ2v) is 2.46. The van der Waals surface area contributed by atoms with E-state index in [2.05, 4.69) is 29.9 Å². The van der Waals surface area contributed by atoms with Gasteiger partial charge < -0.3 is 5.11 Å². The van der Waals surface area contributed by atoms with Crippen molar-refractivity contribution in [3.63, 3.8) is 0 Å². The van der Waals surface area contributed by atoms with Gasteiger partial charge in [-0.3, -0.25) is 0 Å². The van der Waals surface area contributed by atoms with Crippen molar-refractivity contribution < 1.29 is 5.11 Å². The van der Waals surface area contributed by atoms with Gasteiger partial charge in [0.1, 0.15) is 16.1 Å². The lowest BCUT2D eigenvalue weighted by molar-refractivity contribution is 0.350. The fourth-order valence-electron chi connectivity index (χ4n) is 0.350. The van der Waals surface area contributed by atoms with Crippen LogP contribution in [0.1, 0.15) is 6.42 Å². The van der Waals surface area contributed by atoms with Crippen LogP contribution in [0.15, 0.2) is 0 Å². The minimum atomic E-state index is -0.112. The Kier molecular flexibility index (Phi) is 6.73. The van der Waals surface area contributed by atoms with Gasteiger partial charge in [0.15, 0.2) is 0 Å². The first-order valence-corrected chi connectivity index (χ1v) is 5.06. The second kappa shape index (κ2) is 7.30. The Labute approximate surface area is 58.3 Å². The normalized spacial score (nSPS) is 7.78. The number of hydrogen-bond donors (Lipinski definition) is 1. The molecule has 0 spiro atoms. The monoisotopic (exact) mass is 138 g/mol. The molecule has 0 aromatic rings. The highest BCUT2D eigenvalue weighted by Gasteiger charge is 1.64. The molecule has 0 aliphatic heterocycles. The van der Waals surface area contributed by atoms with Crippen molar-refractivity contribution in [1.29, 1.82) is 0 Å². The van der Waals surface area contributed by atoms with Crippen molar-refractivity contribution in [2.45, 2.75) is 13.0 Å². The van der Waals surface area contributed by atoms with Gasteiger partial charge in [-0.15, -0.1) is 5.54 Å². The fourth-order valence-corrected chi connectivity index (χ4v) is 0.725. The highest BCUT2D eigenvalue weighted by atomic mass is 28.2. The third-order valence-electron chi connectivity index (χ3n) is 0.683. The average Bonchev–Trinajstić information content (AvgIpc) is 1.89. The molecule has 2 heteroatoms. The van der Waals surface area contributed by atoms with Gasteiger partial charge >= 0.3 is 0 Å². The molecule has 9 heavy (non-hydrogen) atoms. The lowest BCUT2D eigenvalue weighted by atomic mass is 10.4. The van der Waals surface area contributed by atoms with E-state index in [0.29, 0.717) is 6.42 Å². The van der Waals surface area contributed by atoms with Crippen molar-refractivity contribution in [2.75, 3.05) is 6.61 Å². The summed E-state index contributed by atoms with van der Waals surface area (Å²) >= 11 is 0. The first-order chi connectivity index (χ1) is 4.41. The molecule has 0 heterocycles. The Morgan fingerprint density at radius 2 is 2.11 bits per heavy atom. The molecule has 0 amide bonds. The number of hydrogen-bond acceptors (Lipinski definition) is 1. The molecular formula is C7H10OSi. The van der Waals surface area contributed by atoms with Crippen LogP contribution in [0.4, 0.5) is 0 Å². The molecule has 0 aliphatic rings. The van der Waals surface area contributed by atoms with Crippen molar-refractivity contribution in [3.8, 4) is 23.3 Å². The number of rotatable bonds is 0. The molecule has 0 radical (unpaired) electrons. The molecule has 1 N–H and O–H groups in total. The lowest BCUT2D eigenvalue weighted by Gasteiger charge is -1.70. The van der Waals surface area contributed by atoms with Crippen LogP contribution in [-0.4, -0.2) is 21.2 Å². The molecule has 0 atom stereocenters. The van der Waals surface area contributed by atoms with Gasteiger partial charge in [-0.1, -0.05) is 24.3 Å². The summed E-state index contributed by atoms with van der Waals surface area (Å²) in [4.78, 5) is 0. The zero-order chi connectivity index (χ0) is 6.95. The summed E-state index contributed by atoms with van der Waals surface area (Å²) in [7, 11) is -0.112. The van der Waals surface area contributed by atoms with E-state index in [1.807, 2.05) is 0 Å². The highest BCUT2D eigenvalue weighted by Crippen LogP contribution is 1.67. The van der Waals surface area contributed by atoms with Crippen LogP contribution < -0.4 is 0 Å². The van der Waals surface area contributed by atoms with Gasteiger partial charge in [0.25, 0.3) is 0 Å². The van der Waals surface area contributed by atoms with E-state index < -0.39 is 0 Å². The predicted octanol–water partition coefficient (Wildman–Crippen LogP) is -0.450. The van der Waals surface area contributed by atoms with Crippen molar-refractivity contribution >= 4 is 9.52 Å². The van der Waals surface area contributed by atoms with Crippen molar-refractivity contribution in [3.05, 3.63) is 0 Å². The Bertz CT molecular complexity index is 145. The molecule has 0 saturated carbocycles. The highest BCUT2D eigenvalue weighted by molar-refractivity contribution is 6.44. The summed E-state index contributed by atoms with van der Waals surface area (Å²) < 4.78 is 0. The van der Waals surface area contributed by atoms with Crippen molar-refractivity contribution in [1.82, 2.24) is 0 Å². The van der Waals surface area contributed by atoms with Crippen LogP contribution in [0.3, 0.4) is 0 Å². The molecule has 0 rings (SSSR count). The molecule has 0 aromatic carbocycles. The maximum absolute atomic E-state index is 8.21.